The minimum Gasteiger partial charge on any atom is -0.381 e. The van der Waals surface area contributed by atoms with Crippen LogP contribution in [0, 0.1) is 17.6 Å². The number of hydrogen-bond donors (Lipinski definition) is 3. The van der Waals surface area contributed by atoms with Crippen molar-refractivity contribution in [2.24, 2.45) is 11.7 Å². The summed E-state index contributed by atoms with van der Waals surface area (Å²) in [4.78, 5) is 22.6. The van der Waals surface area contributed by atoms with Gasteiger partial charge in [0.15, 0.2) is 0 Å². The molecule has 0 spiro atoms. The Morgan fingerprint density at radius 1 is 1.14 bits per heavy atom. The lowest BCUT2D eigenvalue weighted by Gasteiger charge is -2.42. The van der Waals surface area contributed by atoms with E-state index in [-0.39, 0.29) is 47.9 Å². The molecule has 6 rings (SSSR count). The van der Waals surface area contributed by atoms with Gasteiger partial charge < -0.3 is 30.7 Å². The lowest BCUT2D eigenvalue weighted by Crippen LogP contribution is -2.61. The first-order valence-corrected chi connectivity index (χ1v) is 14.8. The molecule has 232 valence electrons. The Hall–Kier alpha value is -4.20. The Balaban J connectivity index is 1.23. The van der Waals surface area contributed by atoms with Gasteiger partial charge in [0.25, 0.3) is 0 Å². The first kappa shape index (κ1) is 29.9. The number of aromatic nitrogens is 4. The number of hydrogen-bond acceptors (Lipinski definition) is 9. The maximum atomic E-state index is 15.3. The second kappa shape index (κ2) is 12.8. The van der Waals surface area contributed by atoms with Crippen molar-refractivity contribution in [1.29, 1.82) is 0 Å². The van der Waals surface area contributed by atoms with E-state index in [1.807, 2.05) is 6.07 Å². The van der Waals surface area contributed by atoms with Crippen molar-refractivity contribution in [2.75, 3.05) is 36.5 Å². The number of nitrogens with zero attached hydrogens (tertiary/aromatic N) is 5. The largest absolute Gasteiger partial charge is 0.381 e. The highest BCUT2D eigenvalue weighted by atomic mass is 19.1. The third kappa shape index (κ3) is 6.35. The Bertz CT molecular complexity index is 1610. The molecule has 0 saturated carbocycles. The molecule has 1 aromatic carbocycles. The molecule has 3 aromatic heterocycles. The van der Waals surface area contributed by atoms with Crippen LogP contribution in [0.5, 0.6) is 0 Å². The number of rotatable bonds is 8. The van der Waals surface area contributed by atoms with Crippen molar-refractivity contribution >= 4 is 28.7 Å². The molecule has 2 fully saturated rings. The highest BCUT2D eigenvalue weighted by Gasteiger charge is 2.34. The van der Waals surface area contributed by atoms with E-state index < -0.39 is 11.6 Å². The third-order valence-corrected chi connectivity index (χ3v) is 8.17. The number of benzene rings is 1. The minimum atomic E-state index is -0.722. The highest BCUT2D eigenvalue weighted by Crippen LogP contribution is 2.32. The van der Waals surface area contributed by atoms with Gasteiger partial charge in [0, 0.05) is 51.5 Å². The molecule has 13 heteroatoms. The predicted molar refractivity (Wildman–Crippen MR) is 161 cm³/mol. The summed E-state index contributed by atoms with van der Waals surface area (Å²) in [6.45, 7) is 6.10. The molecule has 0 aliphatic carbocycles. The number of carbonyl (C=O) groups is 1. The van der Waals surface area contributed by atoms with Gasteiger partial charge >= 0.3 is 0 Å². The lowest BCUT2D eigenvalue weighted by molar-refractivity contribution is -0.120. The maximum Gasteiger partial charge on any atom is 0.229 e. The number of carbonyl (C=O) groups excluding carboxylic acids is 1. The standard InChI is InChI=1S/C31H36F2N8O3/c1-18-15-40(16-25(34)30(18)37-19(2)42)28-5-8-35-14-27(28)38-31-36-13-21-3-4-26(39-41(21)31)29-23(32)11-20(12-24(29)33)17-44-22-6-9-43-10-7-22/h3-5,8,11-14,18,22,25,30H,6-7,9-10,15-17,34H2,1-2H3,(H,36,38)(H,37,42)/t18-,25+,30-/m0/s1. The number of pyridine rings is 1. The molecule has 3 atom stereocenters. The molecule has 11 nitrogen and oxygen atoms in total. The van der Waals surface area contributed by atoms with E-state index in [2.05, 4.69) is 37.5 Å². The van der Waals surface area contributed by atoms with Crippen LogP contribution in [0.4, 0.5) is 26.1 Å². The van der Waals surface area contributed by atoms with E-state index >= 15 is 8.78 Å². The number of imidazole rings is 1. The van der Waals surface area contributed by atoms with Gasteiger partial charge in [-0.15, -0.1) is 0 Å². The van der Waals surface area contributed by atoms with Gasteiger partial charge in [0.05, 0.1) is 53.3 Å². The summed E-state index contributed by atoms with van der Waals surface area (Å²) in [5, 5.41) is 10.8. The van der Waals surface area contributed by atoms with Crippen molar-refractivity contribution in [2.45, 2.75) is 51.5 Å². The number of halogens is 2. The van der Waals surface area contributed by atoms with E-state index in [0.717, 1.165) is 18.5 Å². The molecule has 2 aliphatic heterocycles. The van der Waals surface area contributed by atoms with Crippen molar-refractivity contribution in [3.8, 4) is 11.3 Å². The number of ether oxygens (including phenoxy) is 2. The first-order valence-electron chi connectivity index (χ1n) is 14.8. The van der Waals surface area contributed by atoms with Crippen LogP contribution in [0.1, 0.15) is 32.3 Å². The second-order valence-corrected chi connectivity index (χ2v) is 11.5. The molecule has 0 unspecified atom stereocenters. The van der Waals surface area contributed by atoms with E-state index in [0.29, 0.717) is 49.0 Å². The number of fused-ring (bicyclic) bond motifs is 1. The summed E-state index contributed by atoms with van der Waals surface area (Å²) >= 11 is 0. The summed E-state index contributed by atoms with van der Waals surface area (Å²) in [5.41, 5.74) is 8.93. The number of nitrogens with one attached hydrogen (secondary N) is 2. The fourth-order valence-corrected chi connectivity index (χ4v) is 6.00. The zero-order valence-corrected chi connectivity index (χ0v) is 24.7. The SMILES string of the molecule is CC(=O)N[C@@H]1[C@H](N)CN(c2ccncc2Nc2ncc3ccc(-c4c(F)cc(COC5CCOCC5)cc4F)nn23)C[C@@H]1C. The zero-order chi connectivity index (χ0) is 30.8. The molecule has 5 heterocycles. The van der Waals surface area contributed by atoms with Gasteiger partial charge in [-0.25, -0.2) is 13.8 Å². The lowest BCUT2D eigenvalue weighted by atomic mass is 9.89. The van der Waals surface area contributed by atoms with Crippen LogP contribution in [-0.4, -0.2) is 70.0 Å². The van der Waals surface area contributed by atoms with E-state index in [9.17, 15) is 4.79 Å². The number of amides is 1. The Kier molecular flexibility index (Phi) is 8.69. The zero-order valence-electron chi connectivity index (χ0n) is 24.7. The monoisotopic (exact) mass is 606 g/mol. The normalized spacial score (nSPS) is 21.0. The topological polar surface area (TPSA) is 132 Å². The van der Waals surface area contributed by atoms with Crippen molar-refractivity contribution < 1.29 is 23.0 Å². The number of nitrogens with two attached hydrogens (primary N) is 1. The van der Waals surface area contributed by atoms with Gasteiger partial charge in [-0.2, -0.15) is 9.61 Å². The van der Waals surface area contributed by atoms with Crippen LogP contribution < -0.4 is 21.3 Å². The fraction of sp³-hybridized carbons (Fsp3) is 0.419. The molecule has 0 bridgehead atoms. The molecule has 4 aromatic rings. The number of anilines is 3. The van der Waals surface area contributed by atoms with Crippen LogP contribution in [0.15, 0.2) is 48.9 Å². The molecule has 0 radical (unpaired) electrons. The Morgan fingerprint density at radius 2 is 1.91 bits per heavy atom. The predicted octanol–water partition coefficient (Wildman–Crippen LogP) is 3.80. The van der Waals surface area contributed by atoms with E-state index in [4.69, 9.17) is 15.2 Å². The van der Waals surface area contributed by atoms with Gasteiger partial charge in [-0.05, 0) is 54.7 Å². The summed E-state index contributed by atoms with van der Waals surface area (Å²) in [5.74, 6) is -1.10. The van der Waals surface area contributed by atoms with Crippen LogP contribution >= 0.6 is 0 Å². The fourth-order valence-electron chi connectivity index (χ4n) is 6.00. The summed E-state index contributed by atoms with van der Waals surface area (Å²) in [6, 6.07) is 7.34. The molecule has 2 saturated heterocycles. The number of piperidine rings is 1. The summed E-state index contributed by atoms with van der Waals surface area (Å²) in [6.07, 6.45) is 6.53. The van der Waals surface area contributed by atoms with Crippen LogP contribution in [0.25, 0.3) is 16.8 Å². The second-order valence-electron chi connectivity index (χ2n) is 11.5. The Morgan fingerprint density at radius 3 is 2.64 bits per heavy atom. The highest BCUT2D eigenvalue weighted by molar-refractivity contribution is 5.75. The van der Waals surface area contributed by atoms with Crippen molar-refractivity contribution in [1.82, 2.24) is 24.9 Å². The van der Waals surface area contributed by atoms with Gasteiger partial charge in [0.1, 0.15) is 11.6 Å². The van der Waals surface area contributed by atoms with Crippen molar-refractivity contribution in [3.05, 3.63) is 66.1 Å². The smallest absolute Gasteiger partial charge is 0.229 e. The third-order valence-electron chi connectivity index (χ3n) is 8.17. The molecule has 2 aliphatic rings. The van der Waals surface area contributed by atoms with E-state index in [1.165, 1.54) is 23.6 Å². The molecular formula is C31H36F2N8O3. The Labute approximate surface area is 253 Å². The first-order chi connectivity index (χ1) is 21.3. The van der Waals surface area contributed by atoms with Crippen LogP contribution in [0.3, 0.4) is 0 Å². The van der Waals surface area contributed by atoms with Gasteiger partial charge in [-0.1, -0.05) is 6.92 Å². The summed E-state index contributed by atoms with van der Waals surface area (Å²) in [7, 11) is 0. The van der Waals surface area contributed by atoms with Crippen molar-refractivity contribution in [3.63, 3.8) is 0 Å². The van der Waals surface area contributed by atoms with Gasteiger partial charge in [0.2, 0.25) is 11.9 Å². The molecule has 4 N–H and O–H groups in total. The molecule has 44 heavy (non-hydrogen) atoms. The maximum absolute atomic E-state index is 15.3. The average molecular weight is 607 g/mol. The molecule has 1 amide bonds. The van der Waals surface area contributed by atoms with E-state index in [1.54, 1.807) is 30.7 Å². The summed E-state index contributed by atoms with van der Waals surface area (Å²) < 4.78 is 43.3. The van der Waals surface area contributed by atoms with Gasteiger partial charge in [-0.3, -0.25) is 9.78 Å². The molecular weight excluding hydrogens is 570 g/mol. The van der Waals surface area contributed by atoms with Crippen LogP contribution in [0.2, 0.25) is 0 Å². The quantitative estimate of drug-likeness (QED) is 0.274. The van der Waals surface area contributed by atoms with Crippen LogP contribution in [-0.2, 0) is 20.9 Å². The average Bonchev–Trinajstić information content (AvgIpc) is 3.40. The minimum absolute atomic E-state index is 0.0156.